The number of hydrazone groups is 1. The maximum atomic E-state index is 12.0. The van der Waals surface area contributed by atoms with Gasteiger partial charge < -0.3 is 14.8 Å². The Hall–Kier alpha value is -3.00. The lowest BCUT2D eigenvalue weighted by molar-refractivity contribution is -0.140. The van der Waals surface area contributed by atoms with E-state index in [0.717, 1.165) is 18.4 Å². The zero-order chi connectivity index (χ0) is 20.4. The molecule has 3 aliphatic rings. The number of pyridine rings is 1. The summed E-state index contributed by atoms with van der Waals surface area (Å²) >= 11 is 0. The third-order valence-corrected chi connectivity index (χ3v) is 5.70. The number of ether oxygens (including phenoxy) is 2. The van der Waals surface area contributed by atoms with Gasteiger partial charge in [0.1, 0.15) is 12.2 Å². The average Bonchev–Trinajstić information content (AvgIpc) is 3.29. The monoisotopic (exact) mass is 396 g/mol. The number of epoxide rings is 1. The minimum absolute atomic E-state index is 0.0582. The van der Waals surface area contributed by atoms with Crippen molar-refractivity contribution in [3.05, 3.63) is 48.3 Å². The van der Waals surface area contributed by atoms with E-state index in [2.05, 4.69) is 40.4 Å². The van der Waals surface area contributed by atoms with Gasteiger partial charge in [-0.1, -0.05) is 12.7 Å². The highest BCUT2D eigenvalue weighted by atomic mass is 16.6. The van der Waals surface area contributed by atoms with Crippen LogP contribution in [0.4, 0.5) is 10.5 Å². The second-order valence-corrected chi connectivity index (χ2v) is 7.77. The molecule has 0 saturated carbocycles. The highest BCUT2D eigenvalue weighted by Crippen LogP contribution is 2.49. The number of fused-ring (bicyclic) bond motifs is 3. The Kier molecular flexibility index (Phi) is 5.19. The van der Waals surface area contributed by atoms with Crippen LogP contribution in [0.5, 0.6) is 0 Å². The number of carbonyl (C=O) groups is 2. The van der Waals surface area contributed by atoms with Gasteiger partial charge in [-0.25, -0.2) is 15.0 Å². The normalized spacial score (nSPS) is 33.1. The number of nitrogens with zero attached hydrogens (tertiary/aromatic N) is 2. The van der Waals surface area contributed by atoms with Gasteiger partial charge in [-0.05, 0) is 50.3 Å². The van der Waals surface area contributed by atoms with Gasteiger partial charge >= 0.3 is 12.0 Å². The van der Waals surface area contributed by atoms with Crippen molar-refractivity contribution < 1.29 is 19.1 Å². The Balaban J connectivity index is 1.39. The molecule has 152 valence electrons. The van der Waals surface area contributed by atoms with Crippen LogP contribution in [0.15, 0.2) is 53.4 Å². The molecule has 8 heteroatoms. The summed E-state index contributed by atoms with van der Waals surface area (Å²) in [4.78, 5) is 27.9. The molecular weight excluding hydrogens is 372 g/mol. The molecule has 4 rings (SSSR count). The smallest absolute Gasteiger partial charge is 0.339 e. The average molecular weight is 396 g/mol. The second-order valence-electron chi connectivity index (χ2n) is 7.77. The van der Waals surface area contributed by atoms with Crippen LogP contribution in [0.3, 0.4) is 0 Å². The second kappa shape index (κ2) is 7.79. The molecule has 1 aromatic heterocycles. The molecule has 0 radical (unpaired) electrons. The number of allylic oxidation sites excluding steroid dienone is 2. The van der Waals surface area contributed by atoms with Gasteiger partial charge in [-0.3, -0.25) is 4.98 Å². The largest absolute Gasteiger partial charge is 0.455 e. The molecule has 0 unspecified atom stereocenters. The fourth-order valence-electron chi connectivity index (χ4n) is 3.97. The number of amides is 2. The van der Waals surface area contributed by atoms with Gasteiger partial charge in [-0.15, -0.1) is 0 Å². The van der Waals surface area contributed by atoms with E-state index in [1.165, 1.54) is 0 Å². The lowest BCUT2D eigenvalue weighted by Crippen LogP contribution is -2.29. The molecule has 3 heterocycles. The van der Waals surface area contributed by atoms with E-state index in [4.69, 9.17) is 9.47 Å². The molecule has 0 spiro atoms. The van der Waals surface area contributed by atoms with Crippen molar-refractivity contribution in [3.8, 4) is 0 Å². The first-order valence-electron chi connectivity index (χ1n) is 9.73. The zero-order valence-corrected chi connectivity index (χ0v) is 16.3. The Labute approximate surface area is 169 Å². The van der Waals surface area contributed by atoms with Crippen molar-refractivity contribution in [1.29, 1.82) is 0 Å². The van der Waals surface area contributed by atoms with Crippen LogP contribution in [0.25, 0.3) is 0 Å². The summed E-state index contributed by atoms with van der Waals surface area (Å²) in [5, 5.41) is 6.71. The third-order valence-electron chi connectivity index (χ3n) is 5.70. The SMILES string of the molecule is C=C1C(=O)O[C@H]2[C@H]1CCC(/C=N/NC(=O)Nc1cccnc1)=C\CC[C@@]1(C)O[C@@H]21. The van der Waals surface area contributed by atoms with Crippen molar-refractivity contribution in [1.82, 2.24) is 10.4 Å². The van der Waals surface area contributed by atoms with Gasteiger partial charge in [-0.2, -0.15) is 5.10 Å². The first-order chi connectivity index (χ1) is 14.0. The number of aromatic nitrogens is 1. The van der Waals surface area contributed by atoms with Crippen LogP contribution in [0.1, 0.15) is 32.6 Å². The molecule has 2 N–H and O–H groups in total. The molecule has 1 aliphatic carbocycles. The van der Waals surface area contributed by atoms with E-state index >= 15 is 0 Å². The van der Waals surface area contributed by atoms with Gasteiger partial charge in [0.05, 0.1) is 23.7 Å². The van der Waals surface area contributed by atoms with Crippen molar-refractivity contribution in [2.75, 3.05) is 5.32 Å². The van der Waals surface area contributed by atoms with Crippen LogP contribution in [-0.4, -0.2) is 41.0 Å². The molecule has 2 amide bonds. The maximum Gasteiger partial charge on any atom is 0.339 e. The number of esters is 1. The van der Waals surface area contributed by atoms with Crippen molar-refractivity contribution >= 4 is 23.9 Å². The zero-order valence-electron chi connectivity index (χ0n) is 16.3. The lowest BCUT2D eigenvalue weighted by atomic mass is 9.84. The predicted octanol–water partition coefficient (Wildman–Crippen LogP) is 2.94. The maximum absolute atomic E-state index is 12.0. The van der Waals surface area contributed by atoms with E-state index in [1.54, 1.807) is 30.7 Å². The molecule has 29 heavy (non-hydrogen) atoms. The molecule has 2 saturated heterocycles. The quantitative estimate of drug-likeness (QED) is 0.269. The standard InChI is InChI=1S/C21H24N4O4/c1-13-16-8-7-14(11-23-25-20(27)24-15-6-4-10-22-12-15)5-3-9-21(2)18(29-21)17(16)28-19(13)26/h4-6,10-12,16-18H,1,3,7-9H2,2H3,(H2,24,25,27)/b14-5+,23-11+/t16-,17-,18-,21+/m0/s1. The fraction of sp³-hybridized carbons (Fsp3) is 0.429. The third kappa shape index (κ3) is 4.22. The van der Waals surface area contributed by atoms with E-state index in [1.807, 2.05) is 0 Å². The van der Waals surface area contributed by atoms with E-state index in [9.17, 15) is 9.59 Å². The summed E-state index contributed by atoms with van der Waals surface area (Å²) in [7, 11) is 0. The minimum Gasteiger partial charge on any atom is -0.455 e. The number of urea groups is 1. The predicted molar refractivity (Wildman–Crippen MR) is 107 cm³/mol. The summed E-state index contributed by atoms with van der Waals surface area (Å²) in [6.07, 6.45) is 9.68. The molecule has 1 aromatic rings. The molecule has 4 atom stereocenters. The number of carbonyl (C=O) groups excluding carboxylic acids is 2. The van der Waals surface area contributed by atoms with Gasteiger partial charge in [0.15, 0.2) is 0 Å². The van der Waals surface area contributed by atoms with Crippen LogP contribution in [0.2, 0.25) is 0 Å². The molecular formula is C21H24N4O4. The summed E-state index contributed by atoms with van der Waals surface area (Å²) in [6, 6.07) is 3.03. The number of nitrogens with one attached hydrogen (secondary N) is 2. The van der Waals surface area contributed by atoms with Gasteiger partial charge in [0, 0.05) is 17.7 Å². The first-order valence-corrected chi connectivity index (χ1v) is 9.73. The van der Waals surface area contributed by atoms with Crippen LogP contribution in [-0.2, 0) is 14.3 Å². The molecule has 0 aromatic carbocycles. The molecule has 8 nitrogen and oxygen atoms in total. The first kappa shape index (κ1) is 19.3. The van der Waals surface area contributed by atoms with Crippen molar-refractivity contribution in [2.45, 2.75) is 50.4 Å². The van der Waals surface area contributed by atoms with E-state index in [0.29, 0.717) is 24.1 Å². The van der Waals surface area contributed by atoms with E-state index < -0.39 is 6.03 Å². The van der Waals surface area contributed by atoms with Crippen LogP contribution < -0.4 is 10.7 Å². The fourth-order valence-corrected chi connectivity index (χ4v) is 3.97. The summed E-state index contributed by atoms with van der Waals surface area (Å²) < 4.78 is 11.4. The Morgan fingerprint density at radius 3 is 3.14 bits per heavy atom. The highest BCUT2D eigenvalue weighted by molar-refractivity contribution is 5.91. The highest BCUT2D eigenvalue weighted by Gasteiger charge is 2.61. The molecule has 2 aliphatic heterocycles. The molecule has 0 bridgehead atoms. The summed E-state index contributed by atoms with van der Waals surface area (Å²) in [5.41, 5.74) is 4.27. The Morgan fingerprint density at radius 2 is 2.34 bits per heavy atom. The number of anilines is 1. The topological polar surface area (TPSA) is 105 Å². The number of rotatable bonds is 3. The Bertz CT molecular complexity index is 882. The van der Waals surface area contributed by atoms with Crippen molar-refractivity contribution in [2.24, 2.45) is 11.0 Å². The minimum atomic E-state index is -0.445. The van der Waals surface area contributed by atoms with Crippen LogP contribution >= 0.6 is 0 Å². The van der Waals surface area contributed by atoms with Crippen LogP contribution in [0, 0.1) is 5.92 Å². The summed E-state index contributed by atoms with van der Waals surface area (Å²) in [5.74, 6) is -0.393. The molecule has 2 fully saturated rings. The summed E-state index contributed by atoms with van der Waals surface area (Å²) in [6.45, 7) is 5.97. The number of hydrogen-bond donors (Lipinski definition) is 2. The lowest BCUT2D eigenvalue weighted by Gasteiger charge is -2.19. The number of hydrogen-bond acceptors (Lipinski definition) is 6. The van der Waals surface area contributed by atoms with E-state index in [-0.39, 0.29) is 29.7 Å². The van der Waals surface area contributed by atoms with Gasteiger partial charge in [0.2, 0.25) is 0 Å². The Morgan fingerprint density at radius 1 is 1.48 bits per heavy atom. The van der Waals surface area contributed by atoms with Gasteiger partial charge in [0.25, 0.3) is 0 Å². The van der Waals surface area contributed by atoms with Crippen molar-refractivity contribution in [3.63, 3.8) is 0 Å².